The molecule has 0 aliphatic carbocycles. The zero-order valence-electron chi connectivity index (χ0n) is 9.26. The Balaban J connectivity index is 1.94. The fraction of sp³-hybridized carbons (Fsp3) is 0.417. The van der Waals surface area contributed by atoms with Crippen molar-refractivity contribution in [1.82, 2.24) is 4.90 Å². The van der Waals surface area contributed by atoms with E-state index in [1.807, 2.05) is 18.2 Å². The van der Waals surface area contributed by atoms with E-state index in [1.165, 1.54) is 0 Å². The molecule has 0 spiro atoms. The molecule has 1 amide bonds. The van der Waals surface area contributed by atoms with E-state index in [-0.39, 0.29) is 12.2 Å². The standard InChI is InChI=1S/C12H15NO3/c1-13(9-11-15-7-8-16-11)12(14)10-5-3-2-4-6-10/h2-6,11H,7-9H2,1H3. The normalized spacial score (nSPS) is 16.3. The lowest BCUT2D eigenvalue weighted by atomic mass is 10.2. The van der Waals surface area contributed by atoms with Gasteiger partial charge >= 0.3 is 0 Å². The zero-order valence-corrected chi connectivity index (χ0v) is 9.26. The summed E-state index contributed by atoms with van der Waals surface area (Å²) < 4.78 is 10.6. The van der Waals surface area contributed by atoms with Gasteiger partial charge in [0.2, 0.25) is 0 Å². The van der Waals surface area contributed by atoms with Crippen LogP contribution in [-0.4, -0.2) is 43.9 Å². The van der Waals surface area contributed by atoms with Crippen molar-refractivity contribution >= 4 is 5.91 Å². The highest BCUT2D eigenvalue weighted by Gasteiger charge is 2.21. The van der Waals surface area contributed by atoms with Crippen LogP contribution in [0.3, 0.4) is 0 Å². The first kappa shape index (κ1) is 11.1. The summed E-state index contributed by atoms with van der Waals surface area (Å²) in [5.74, 6) is -0.0142. The molecule has 1 aliphatic rings. The summed E-state index contributed by atoms with van der Waals surface area (Å²) in [6, 6.07) is 9.19. The third-order valence-corrected chi connectivity index (χ3v) is 2.48. The second-order valence-corrected chi connectivity index (χ2v) is 3.72. The summed E-state index contributed by atoms with van der Waals surface area (Å²) in [6.45, 7) is 1.68. The number of nitrogens with zero attached hydrogens (tertiary/aromatic N) is 1. The predicted octanol–water partition coefficient (Wildman–Crippen LogP) is 1.13. The average Bonchev–Trinajstić information content (AvgIpc) is 2.82. The molecule has 86 valence electrons. The van der Waals surface area contributed by atoms with Gasteiger partial charge in [0.1, 0.15) is 0 Å². The molecule has 1 saturated heterocycles. The van der Waals surface area contributed by atoms with Gasteiger partial charge in [-0.25, -0.2) is 0 Å². The Labute approximate surface area is 94.8 Å². The third kappa shape index (κ3) is 2.59. The van der Waals surface area contributed by atoms with Crippen molar-refractivity contribution in [2.45, 2.75) is 6.29 Å². The van der Waals surface area contributed by atoms with E-state index in [0.717, 1.165) is 0 Å². The number of carbonyl (C=O) groups is 1. The number of hydrogen-bond donors (Lipinski definition) is 0. The second kappa shape index (κ2) is 5.09. The predicted molar refractivity (Wildman–Crippen MR) is 59.1 cm³/mol. The highest BCUT2D eigenvalue weighted by Crippen LogP contribution is 2.08. The smallest absolute Gasteiger partial charge is 0.253 e. The third-order valence-electron chi connectivity index (χ3n) is 2.48. The van der Waals surface area contributed by atoms with Crippen molar-refractivity contribution in [3.8, 4) is 0 Å². The Hall–Kier alpha value is -1.39. The van der Waals surface area contributed by atoms with Crippen LogP contribution in [0.4, 0.5) is 0 Å². The van der Waals surface area contributed by atoms with E-state index in [0.29, 0.717) is 25.3 Å². The summed E-state index contributed by atoms with van der Waals surface area (Å²) in [5, 5.41) is 0. The van der Waals surface area contributed by atoms with Crippen LogP contribution in [-0.2, 0) is 9.47 Å². The van der Waals surface area contributed by atoms with Gasteiger partial charge in [-0.2, -0.15) is 0 Å². The van der Waals surface area contributed by atoms with Crippen LogP contribution < -0.4 is 0 Å². The topological polar surface area (TPSA) is 38.8 Å². The van der Waals surface area contributed by atoms with Crippen molar-refractivity contribution in [2.24, 2.45) is 0 Å². The minimum atomic E-state index is -0.280. The highest BCUT2D eigenvalue weighted by molar-refractivity contribution is 5.93. The molecule has 16 heavy (non-hydrogen) atoms. The van der Waals surface area contributed by atoms with Crippen LogP contribution in [0.15, 0.2) is 30.3 Å². The van der Waals surface area contributed by atoms with Crippen LogP contribution in [0.2, 0.25) is 0 Å². The number of carbonyl (C=O) groups excluding carboxylic acids is 1. The Morgan fingerprint density at radius 3 is 2.56 bits per heavy atom. The average molecular weight is 221 g/mol. The van der Waals surface area contributed by atoms with Crippen LogP contribution >= 0.6 is 0 Å². The molecule has 1 aliphatic heterocycles. The largest absolute Gasteiger partial charge is 0.348 e. The van der Waals surface area contributed by atoms with Crippen LogP contribution in [0.5, 0.6) is 0 Å². The molecule has 0 aromatic heterocycles. The van der Waals surface area contributed by atoms with Gasteiger partial charge in [0.15, 0.2) is 6.29 Å². The van der Waals surface area contributed by atoms with Crippen molar-refractivity contribution in [3.63, 3.8) is 0 Å². The minimum absolute atomic E-state index is 0.0142. The van der Waals surface area contributed by atoms with E-state index in [4.69, 9.17) is 9.47 Å². The molecule has 4 nitrogen and oxygen atoms in total. The Morgan fingerprint density at radius 1 is 1.31 bits per heavy atom. The van der Waals surface area contributed by atoms with E-state index in [1.54, 1.807) is 24.1 Å². The van der Waals surface area contributed by atoms with Gasteiger partial charge in [-0.1, -0.05) is 18.2 Å². The monoisotopic (exact) mass is 221 g/mol. The first-order chi connectivity index (χ1) is 7.77. The molecule has 0 unspecified atom stereocenters. The first-order valence-corrected chi connectivity index (χ1v) is 5.31. The van der Waals surface area contributed by atoms with Gasteiger partial charge < -0.3 is 14.4 Å². The summed E-state index contributed by atoms with van der Waals surface area (Å²) in [7, 11) is 1.75. The minimum Gasteiger partial charge on any atom is -0.348 e. The maximum absolute atomic E-state index is 11.9. The molecule has 0 radical (unpaired) electrons. The number of amides is 1. The Bertz CT molecular complexity index is 347. The zero-order chi connectivity index (χ0) is 11.4. The lowest BCUT2D eigenvalue weighted by molar-refractivity contribution is -0.0543. The molecular formula is C12H15NO3. The van der Waals surface area contributed by atoms with Crippen LogP contribution in [0.1, 0.15) is 10.4 Å². The molecule has 1 aromatic rings. The lowest BCUT2D eigenvalue weighted by Crippen LogP contribution is -2.34. The Morgan fingerprint density at radius 2 is 1.94 bits per heavy atom. The summed E-state index contributed by atoms with van der Waals surface area (Å²) in [4.78, 5) is 13.6. The number of hydrogen-bond acceptors (Lipinski definition) is 3. The van der Waals surface area contributed by atoms with E-state index in [9.17, 15) is 4.79 Å². The van der Waals surface area contributed by atoms with Gasteiger partial charge in [0.05, 0.1) is 19.8 Å². The fourth-order valence-corrected chi connectivity index (χ4v) is 1.62. The van der Waals surface area contributed by atoms with Gasteiger partial charge in [-0.15, -0.1) is 0 Å². The lowest BCUT2D eigenvalue weighted by Gasteiger charge is -2.20. The second-order valence-electron chi connectivity index (χ2n) is 3.72. The first-order valence-electron chi connectivity index (χ1n) is 5.31. The van der Waals surface area contributed by atoms with E-state index in [2.05, 4.69) is 0 Å². The summed E-state index contributed by atoms with van der Waals surface area (Å²) >= 11 is 0. The molecule has 1 fully saturated rings. The maximum Gasteiger partial charge on any atom is 0.253 e. The maximum atomic E-state index is 11.9. The van der Waals surface area contributed by atoms with E-state index >= 15 is 0 Å². The van der Waals surface area contributed by atoms with Crippen LogP contribution in [0, 0.1) is 0 Å². The molecule has 2 rings (SSSR count). The number of benzene rings is 1. The van der Waals surface area contributed by atoms with Gasteiger partial charge in [0.25, 0.3) is 5.91 Å². The molecular weight excluding hydrogens is 206 g/mol. The Kier molecular flexibility index (Phi) is 3.54. The summed E-state index contributed by atoms with van der Waals surface area (Å²) in [5.41, 5.74) is 0.683. The van der Waals surface area contributed by atoms with Crippen molar-refractivity contribution in [3.05, 3.63) is 35.9 Å². The van der Waals surface area contributed by atoms with Gasteiger partial charge in [-0.05, 0) is 12.1 Å². The van der Waals surface area contributed by atoms with Gasteiger partial charge in [0, 0.05) is 12.6 Å². The molecule has 1 heterocycles. The molecule has 0 N–H and O–H groups in total. The molecule has 4 heteroatoms. The van der Waals surface area contributed by atoms with Crippen LogP contribution in [0.25, 0.3) is 0 Å². The molecule has 0 bridgehead atoms. The fourth-order valence-electron chi connectivity index (χ4n) is 1.62. The SMILES string of the molecule is CN(CC1OCCO1)C(=O)c1ccccc1. The van der Waals surface area contributed by atoms with Crippen molar-refractivity contribution < 1.29 is 14.3 Å². The van der Waals surface area contributed by atoms with Gasteiger partial charge in [-0.3, -0.25) is 4.79 Å². The number of ether oxygens (including phenoxy) is 2. The van der Waals surface area contributed by atoms with E-state index < -0.39 is 0 Å². The molecule has 0 atom stereocenters. The molecule has 1 aromatic carbocycles. The summed E-state index contributed by atoms with van der Waals surface area (Å²) in [6.07, 6.45) is -0.280. The number of rotatable bonds is 3. The quantitative estimate of drug-likeness (QED) is 0.768. The van der Waals surface area contributed by atoms with Crippen molar-refractivity contribution in [2.75, 3.05) is 26.8 Å². The van der Waals surface area contributed by atoms with Crippen molar-refractivity contribution in [1.29, 1.82) is 0 Å². The highest BCUT2D eigenvalue weighted by atomic mass is 16.7. The number of likely N-dealkylation sites (N-methyl/N-ethyl adjacent to an activating group) is 1. The molecule has 0 saturated carbocycles.